The molecule has 0 unspecified atom stereocenters. The van der Waals surface area contributed by atoms with Crippen LogP contribution in [0.4, 0.5) is 11.4 Å². The summed E-state index contributed by atoms with van der Waals surface area (Å²) < 4.78 is 1.44. The highest BCUT2D eigenvalue weighted by Gasteiger charge is 2.23. The average Bonchev–Trinajstić information content (AvgIpc) is 3.13. The second kappa shape index (κ2) is 8.73. The number of nitrogens with zero attached hydrogens (tertiary/aromatic N) is 6. The molecule has 0 saturated carbocycles. The summed E-state index contributed by atoms with van der Waals surface area (Å²) in [5, 5.41) is 19.2. The predicted octanol–water partition coefficient (Wildman–Crippen LogP) is 3.21. The second-order valence-electron chi connectivity index (χ2n) is 7.09. The van der Waals surface area contributed by atoms with E-state index in [2.05, 4.69) is 10.3 Å². The number of carbonyl (C=O) groups excluding carboxylic acids is 1. The molecule has 0 aliphatic rings. The topological polar surface area (TPSA) is 97.4 Å². The summed E-state index contributed by atoms with van der Waals surface area (Å²) in [4.78, 5) is 27.4. The van der Waals surface area contributed by atoms with Crippen LogP contribution in [0.1, 0.15) is 28.7 Å². The van der Waals surface area contributed by atoms with Crippen LogP contribution in [0.3, 0.4) is 0 Å². The van der Waals surface area contributed by atoms with Gasteiger partial charge in [-0.15, -0.1) is 5.10 Å². The van der Waals surface area contributed by atoms with Gasteiger partial charge >= 0.3 is 0 Å². The summed E-state index contributed by atoms with van der Waals surface area (Å²) in [6.07, 6.45) is 0. The summed E-state index contributed by atoms with van der Waals surface area (Å²) in [7, 11) is 3.95. The Hall–Kier alpha value is -3.75. The van der Waals surface area contributed by atoms with Crippen molar-refractivity contribution < 1.29 is 9.72 Å². The number of benzene rings is 2. The summed E-state index contributed by atoms with van der Waals surface area (Å²) in [6.45, 7) is 4.60. The number of non-ortho nitro benzene ring substituents is 1. The van der Waals surface area contributed by atoms with Crippen molar-refractivity contribution in [3.63, 3.8) is 0 Å². The first-order chi connectivity index (χ1) is 14.3. The Bertz CT molecular complexity index is 1060. The number of hydrogen-bond donors (Lipinski definition) is 0. The Labute approximate surface area is 174 Å². The Kier molecular flexibility index (Phi) is 6.10. The Morgan fingerprint density at radius 1 is 1.17 bits per heavy atom. The number of amides is 1. The molecule has 0 N–H and O–H groups in total. The molecule has 1 heterocycles. The third kappa shape index (κ3) is 4.29. The third-order valence-electron chi connectivity index (χ3n) is 4.88. The molecule has 0 aliphatic carbocycles. The highest BCUT2D eigenvalue weighted by Crippen LogP contribution is 2.20. The molecule has 0 saturated heterocycles. The average molecular weight is 408 g/mol. The van der Waals surface area contributed by atoms with Crippen LogP contribution in [0, 0.1) is 17.0 Å². The van der Waals surface area contributed by atoms with E-state index in [4.69, 9.17) is 0 Å². The smallest absolute Gasteiger partial charge is 0.276 e. The lowest BCUT2D eigenvalue weighted by molar-refractivity contribution is -0.384. The van der Waals surface area contributed by atoms with Gasteiger partial charge in [-0.2, -0.15) is 0 Å². The number of rotatable bonds is 7. The molecule has 0 atom stereocenters. The summed E-state index contributed by atoms with van der Waals surface area (Å²) in [5.74, 6) is -0.233. The lowest BCUT2D eigenvalue weighted by Gasteiger charge is -2.21. The van der Waals surface area contributed by atoms with Crippen molar-refractivity contribution in [3.05, 3.63) is 75.6 Å². The van der Waals surface area contributed by atoms with Crippen LogP contribution in [-0.2, 0) is 6.54 Å². The van der Waals surface area contributed by atoms with E-state index in [1.165, 1.54) is 16.8 Å². The zero-order chi connectivity index (χ0) is 21.8. The van der Waals surface area contributed by atoms with E-state index >= 15 is 0 Å². The molecule has 156 valence electrons. The molecule has 2 aromatic carbocycles. The van der Waals surface area contributed by atoms with Crippen molar-refractivity contribution in [1.29, 1.82) is 0 Å². The van der Waals surface area contributed by atoms with Gasteiger partial charge in [-0.1, -0.05) is 23.4 Å². The molecule has 0 bridgehead atoms. The zero-order valence-electron chi connectivity index (χ0n) is 17.4. The van der Waals surface area contributed by atoms with Crippen molar-refractivity contribution in [2.75, 3.05) is 25.5 Å². The van der Waals surface area contributed by atoms with Crippen molar-refractivity contribution in [3.8, 4) is 5.69 Å². The normalized spacial score (nSPS) is 10.7. The molecule has 9 nitrogen and oxygen atoms in total. The molecule has 0 spiro atoms. The molecule has 3 rings (SSSR count). The molecule has 1 aromatic heterocycles. The van der Waals surface area contributed by atoms with E-state index < -0.39 is 4.92 Å². The molecule has 0 radical (unpaired) electrons. The van der Waals surface area contributed by atoms with Crippen LogP contribution in [0.15, 0.2) is 48.5 Å². The van der Waals surface area contributed by atoms with Crippen LogP contribution >= 0.6 is 0 Å². The minimum Gasteiger partial charge on any atom is -0.378 e. The van der Waals surface area contributed by atoms with Gasteiger partial charge in [0.25, 0.3) is 11.6 Å². The lowest BCUT2D eigenvalue weighted by Crippen LogP contribution is -2.31. The van der Waals surface area contributed by atoms with Crippen molar-refractivity contribution >= 4 is 17.3 Å². The van der Waals surface area contributed by atoms with Gasteiger partial charge in [0.1, 0.15) is 0 Å². The number of carbonyl (C=O) groups is 1. The van der Waals surface area contributed by atoms with Gasteiger partial charge in [-0.3, -0.25) is 14.9 Å². The molecule has 3 aromatic rings. The molecule has 1 amide bonds. The molecule has 0 fully saturated rings. The van der Waals surface area contributed by atoms with Gasteiger partial charge < -0.3 is 9.80 Å². The number of aromatic nitrogens is 3. The van der Waals surface area contributed by atoms with Gasteiger partial charge in [0, 0.05) is 45.0 Å². The Balaban J connectivity index is 1.83. The Morgan fingerprint density at radius 2 is 1.87 bits per heavy atom. The number of nitro benzene ring substituents is 1. The number of hydrogen-bond acceptors (Lipinski definition) is 6. The maximum Gasteiger partial charge on any atom is 0.276 e. The maximum atomic E-state index is 13.1. The first kappa shape index (κ1) is 21.0. The van der Waals surface area contributed by atoms with Gasteiger partial charge in [0.15, 0.2) is 5.69 Å². The fraction of sp³-hybridized carbons (Fsp3) is 0.286. The highest BCUT2D eigenvalue weighted by atomic mass is 16.6. The van der Waals surface area contributed by atoms with Gasteiger partial charge in [0.2, 0.25) is 0 Å². The van der Waals surface area contributed by atoms with Crippen molar-refractivity contribution in [1.82, 2.24) is 19.9 Å². The minimum atomic E-state index is -0.470. The summed E-state index contributed by atoms with van der Waals surface area (Å²) in [5.41, 5.74) is 3.29. The van der Waals surface area contributed by atoms with Crippen LogP contribution in [0.2, 0.25) is 0 Å². The molecule has 0 aliphatic heterocycles. The molecule has 30 heavy (non-hydrogen) atoms. The van der Waals surface area contributed by atoms with Crippen molar-refractivity contribution in [2.45, 2.75) is 20.4 Å². The monoisotopic (exact) mass is 408 g/mol. The van der Waals surface area contributed by atoms with Gasteiger partial charge in [0.05, 0.1) is 16.3 Å². The van der Waals surface area contributed by atoms with Gasteiger partial charge in [-0.25, -0.2) is 4.68 Å². The molecular formula is C21H24N6O3. The van der Waals surface area contributed by atoms with E-state index in [0.717, 1.165) is 11.3 Å². The van der Waals surface area contributed by atoms with Crippen molar-refractivity contribution in [2.24, 2.45) is 0 Å². The van der Waals surface area contributed by atoms with Crippen LogP contribution in [-0.4, -0.2) is 51.4 Å². The standard InChI is InChI=1S/C21H24N6O3/c1-5-25(14-16-9-11-17(12-10-16)24(3)4)21(28)20-15(2)26(23-22-20)18-7-6-8-19(13-18)27(29)30/h6-13H,5,14H2,1-4H3. The minimum absolute atomic E-state index is 0.0494. The van der Waals surface area contributed by atoms with E-state index in [0.29, 0.717) is 24.5 Å². The van der Waals surface area contributed by atoms with E-state index in [-0.39, 0.29) is 17.3 Å². The van der Waals surface area contributed by atoms with Crippen LogP contribution in [0.25, 0.3) is 5.69 Å². The lowest BCUT2D eigenvalue weighted by atomic mass is 10.1. The highest BCUT2D eigenvalue weighted by molar-refractivity contribution is 5.93. The predicted molar refractivity (Wildman–Crippen MR) is 114 cm³/mol. The quantitative estimate of drug-likeness (QED) is 0.440. The third-order valence-corrected chi connectivity index (χ3v) is 4.88. The zero-order valence-corrected chi connectivity index (χ0v) is 17.4. The second-order valence-corrected chi connectivity index (χ2v) is 7.09. The van der Waals surface area contributed by atoms with Crippen LogP contribution < -0.4 is 4.90 Å². The number of nitro groups is 1. The van der Waals surface area contributed by atoms with E-state index in [1.54, 1.807) is 24.0 Å². The van der Waals surface area contributed by atoms with E-state index in [1.807, 2.05) is 50.2 Å². The fourth-order valence-electron chi connectivity index (χ4n) is 3.11. The first-order valence-corrected chi connectivity index (χ1v) is 9.54. The molecular weight excluding hydrogens is 384 g/mol. The van der Waals surface area contributed by atoms with E-state index in [9.17, 15) is 14.9 Å². The summed E-state index contributed by atoms with van der Waals surface area (Å²) in [6, 6.07) is 14.1. The first-order valence-electron chi connectivity index (χ1n) is 9.54. The number of anilines is 1. The van der Waals surface area contributed by atoms with Gasteiger partial charge in [-0.05, 0) is 37.6 Å². The largest absolute Gasteiger partial charge is 0.378 e. The Morgan fingerprint density at radius 3 is 2.47 bits per heavy atom. The molecule has 9 heteroatoms. The van der Waals surface area contributed by atoms with Crippen LogP contribution in [0.5, 0.6) is 0 Å². The fourth-order valence-corrected chi connectivity index (χ4v) is 3.11. The SMILES string of the molecule is CCN(Cc1ccc(N(C)C)cc1)C(=O)c1nnn(-c2cccc([N+](=O)[O-])c2)c1C. The summed E-state index contributed by atoms with van der Waals surface area (Å²) >= 11 is 0. The maximum absolute atomic E-state index is 13.1.